The van der Waals surface area contributed by atoms with E-state index in [-0.39, 0.29) is 17.4 Å². The Bertz CT molecular complexity index is 1290. The van der Waals surface area contributed by atoms with Crippen LogP contribution in [0.4, 0.5) is 10.1 Å². The second kappa shape index (κ2) is 8.44. The van der Waals surface area contributed by atoms with E-state index in [9.17, 15) is 19.1 Å². The topological polar surface area (TPSA) is 101 Å². The minimum Gasteiger partial charge on any atom is -0.491 e. The number of hydrogen-bond acceptors (Lipinski definition) is 5. The fourth-order valence-electron chi connectivity index (χ4n) is 4.30. The number of carboxylic acids is 1. The van der Waals surface area contributed by atoms with E-state index in [0.29, 0.717) is 46.8 Å². The number of nitrogens with zero attached hydrogens (tertiary/aromatic N) is 1. The number of aryl methyl sites for hydroxylation is 1. The molecule has 2 aliphatic rings. The number of ether oxygens (including phenoxy) is 1. The maximum atomic E-state index is 14.6. The van der Waals surface area contributed by atoms with Crippen molar-refractivity contribution in [3.8, 4) is 5.75 Å². The Morgan fingerprint density at radius 2 is 2.00 bits per heavy atom. The third kappa shape index (κ3) is 3.96. The summed E-state index contributed by atoms with van der Waals surface area (Å²) >= 11 is 0. The highest BCUT2D eigenvalue weighted by Crippen LogP contribution is 2.41. The molecule has 7 nitrogen and oxygen atoms in total. The summed E-state index contributed by atoms with van der Waals surface area (Å²) in [6.07, 6.45) is 3.88. The average molecular weight is 461 g/mol. The number of nitrogens with one attached hydrogen (secondary N) is 2. The SMILES string of the molecule is Cc1ccc([C@@]2(NC(=O)c3ccc(C(=O)O)c(NC4CC4)c3)CCOc3cccnc32)cc1F. The van der Waals surface area contributed by atoms with Gasteiger partial charge in [-0.2, -0.15) is 0 Å². The van der Waals surface area contributed by atoms with Crippen molar-refractivity contribution in [3.05, 3.63) is 88.5 Å². The van der Waals surface area contributed by atoms with Gasteiger partial charge in [-0.1, -0.05) is 12.1 Å². The molecule has 3 aromatic rings. The van der Waals surface area contributed by atoms with Gasteiger partial charge in [0.1, 0.15) is 22.8 Å². The molecule has 1 fully saturated rings. The van der Waals surface area contributed by atoms with Gasteiger partial charge in [-0.3, -0.25) is 9.78 Å². The van der Waals surface area contributed by atoms with Gasteiger partial charge in [0.15, 0.2) is 0 Å². The van der Waals surface area contributed by atoms with Crippen LogP contribution in [0.2, 0.25) is 0 Å². The molecule has 1 saturated carbocycles. The lowest BCUT2D eigenvalue weighted by Crippen LogP contribution is -2.50. The van der Waals surface area contributed by atoms with Crippen LogP contribution in [-0.2, 0) is 5.54 Å². The van der Waals surface area contributed by atoms with Crippen molar-refractivity contribution in [2.75, 3.05) is 11.9 Å². The molecule has 1 aliphatic carbocycles. The Labute approximate surface area is 196 Å². The fraction of sp³-hybridized carbons (Fsp3) is 0.269. The van der Waals surface area contributed by atoms with Crippen LogP contribution < -0.4 is 15.4 Å². The van der Waals surface area contributed by atoms with Gasteiger partial charge in [-0.05, 0) is 67.3 Å². The first kappa shape index (κ1) is 21.9. The van der Waals surface area contributed by atoms with E-state index in [1.54, 1.807) is 43.5 Å². The molecule has 5 rings (SSSR count). The highest BCUT2D eigenvalue weighted by atomic mass is 19.1. The molecule has 1 atom stereocenters. The van der Waals surface area contributed by atoms with Crippen molar-refractivity contribution in [3.63, 3.8) is 0 Å². The van der Waals surface area contributed by atoms with Crippen molar-refractivity contribution in [2.24, 2.45) is 0 Å². The summed E-state index contributed by atoms with van der Waals surface area (Å²) < 4.78 is 20.4. The molecule has 0 unspecified atom stereocenters. The molecule has 8 heteroatoms. The number of pyridine rings is 1. The third-order valence-corrected chi connectivity index (χ3v) is 6.35. The van der Waals surface area contributed by atoms with Gasteiger partial charge in [0.25, 0.3) is 5.91 Å². The summed E-state index contributed by atoms with van der Waals surface area (Å²) in [7, 11) is 0. The molecular weight excluding hydrogens is 437 g/mol. The van der Waals surface area contributed by atoms with Crippen molar-refractivity contribution >= 4 is 17.6 Å². The van der Waals surface area contributed by atoms with Crippen molar-refractivity contribution in [2.45, 2.75) is 37.8 Å². The first-order chi connectivity index (χ1) is 16.4. The van der Waals surface area contributed by atoms with Crippen LogP contribution in [0.5, 0.6) is 5.75 Å². The minimum atomic E-state index is -1.12. The lowest BCUT2D eigenvalue weighted by Gasteiger charge is -2.39. The largest absolute Gasteiger partial charge is 0.491 e. The molecule has 34 heavy (non-hydrogen) atoms. The number of fused-ring (bicyclic) bond motifs is 1. The molecule has 0 saturated heterocycles. The third-order valence-electron chi connectivity index (χ3n) is 6.35. The first-order valence-corrected chi connectivity index (χ1v) is 11.2. The summed E-state index contributed by atoms with van der Waals surface area (Å²) in [5.41, 5.74) is 1.25. The summed E-state index contributed by atoms with van der Waals surface area (Å²) in [6.45, 7) is 1.99. The van der Waals surface area contributed by atoms with Gasteiger partial charge < -0.3 is 20.5 Å². The minimum absolute atomic E-state index is 0.108. The predicted octanol–water partition coefficient (Wildman–Crippen LogP) is 4.26. The van der Waals surface area contributed by atoms with Crippen LogP contribution in [0.3, 0.4) is 0 Å². The molecule has 1 aromatic heterocycles. The quantitative estimate of drug-likeness (QED) is 0.507. The molecule has 0 radical (unpaired) electrons. The van der Waals surface area contributed by atoms with Crippen LogP contribution in [0.15, 0.2) is 54.7 Å². The second-order valence-electron chi connectivity index (χ2n) is 8.76. The maximum Gasteiger partial charge on any atom is 0.337 e. The van der Waals surface area contributed by atoms with E-state index in [1.807, 2.05) is 0 Å². The number of carboxylic acid groups (broad SMARTS) is 1. The van der Waals surface area contributed by atoms with E-state index in [1.165, 1.54) is 18.2 Å². The van der Waals surface area contributed by atoms with Gasteiger partial charge in [0.05, 0.1) is 12.2 Å². The summed E-state index contributed by atoms with van der Waals surface area (Å²) in [5.74, 6) is -1.34. The number of carbonyl (C=O) groups excluding carboxylic acids is 1. The van der Waals surface area contributed by atoms with Gasteiger partial charge in [-0.25, -0.2) is 9.18 Å². The van der Waals surface area contributed by atoms with E-state index in [4.69, 9.17) is 4.74 Å². The Balaban J connectivity index is 1.57. The van der Waals surface area contributed by atoms with Gasteiger partial charge >= 0.3 is 5.97 Å². The lowest BCUT2D eigenvalue weighted by atomic mass is 9.80. The lowest BCUT2D eigenvalue weighted by molar-refractivity contribution is 0.0697. The summed E-state index contributed by atoms with van der Waals surface area (Å²) in [5, 5.41) is 15.8. The van der Waals surface area contributed by atoms with Gasteiger partial charge in [0.2, 0.25) is 0 Å². The molecule has 2 heterocycles. The number of carbonyl (C=O) groups is 2. The Morgan fingerprint density at radius 1 is 1.18 bits per heavy atom. The first-order valence-electron chi connectivity index (χ1n) is 11.2. The number of anilines is 1. The van der Waals surface area contributed by atoms with Crippen molar-refractivity contribution < 1.29 is 23.8 Å². The Hall–Kier alpha value is -3.94. The molecule has 0 bridgehead atoms. The summed E-state index contributed by atoms with van der Waals surface area (Å²) in [6, 6.07) is 13.1. The molecule has 1 aliphatic heterocycles. The highest BCUT2D eigenvalue weighted by molar-refractivity contribution is 6.00. The molecule has 0 spiro atoms. The van der Waals surface area contributed by atoms with Crippen LogP contribution in [-0.4, -0.2) is 34.6 Å². The van der Waals surface area contributed by atoms with Crippen molar-refractivity contribution in [1.29, 1.82) is 0 Å². The number of amides is 1. The zero-order valence-corrected chi connectivity index (χ0v) is 18.6. The zero-order valence-electron chi connectivity index (χ0n) is 18.6. The second-order valence-corrected chi connectivity index (χ2v) is 8.76. The summed E-state index contributed by atoms with van der Waals surface area (Å²) in [4.78, 5) is 29.7. The van der Waals surface area contributed by atoms with E-state index < -0.39 is 17.4 Å². The number of aromatic carboxylic acids is 1. The van der Waals surface area contributed by atoms with Crippen LogP contribution in [0, 0.1) is 12.7 Å². The Kier molecular flexibility index (Phi) is 5.43. The average Bonchev–Trinajstić information content (AvgIpc) is 3.65. The fourth-order valence-corrected chi connectivity index (χ4v) is 4.30. The van der Waals surface area contributed by atoms with Crippen LogP contribution in [0.1, 0.15) is 56.8 Å². The standard InChI is InChI=1S/C26H24FN3O4/c1-15-4-6-17(14-20(15)27)26(10-12-34-22-3-2-11-28-23(22)26)30-24(31)16-5-9-19(25(32)33)21(13-16)29-18-7-8-18/h2-6,9,11,13-14,18,29H,7-8,10,12H2,1H3,(H,30,31)(H,32,33)/t26-/m0/s1. The smallest absolute Gasteiger partial charge is 0.337 e. The number of aromatic nitrogens is 1. The predicted molar refractivity (Wildman–Crippen MR) is 124 cm³/mol. The van der Waals surface area contributed by atoms with Crippen LogP contribution >= 0.6 is 0 Å². The maximum absolute atomic E-state index is 14.6. The number of hydrogen-bond donors (Lipinski definition) is 3. The number of halogens is 1. The monoisotopic (exact) mass is 461 g/mol. The normalized spacial score (nSPS) is 19.0. The van der Waals surface area contributed by atoms with Gasteiger partial charge in [0, 0.05) is 29.9 Å². The molecule has 1 amide bonds. The zero-order chi connectivity index (χ0) is 23.9. The Morgan fingerprint density at radius 3 is 2.74 bits per heavy atom. The molecular formula is C26H24FN3O4. The van der Waals surface area contributed by atoms with Crippen molar-refractivity contribution in [1.82, 2.24) is 10.3 Å². The molecule has 2 aromatic carbocycles. The van der Waals surface area contributed by atoms with E-state index in [0.717, 1.165) is 12.8 Å². The van der Waals surface area contributed by atoms with E-state index in [2.05, 4.69) is 15.6 Å². The number of rotatable bonds is 6. The van der Waals surface area contributed by atoms with E-state index >= 15 is 0 Å². The molecule has 3 N–H and O–H groups in total. The van der Waals surface area contributed by atoms with Gasteiger partial charge in [-0.15, -0.1) is 0 Å². The van der Waals surface area contributed by atoms with Crippen LogP contribution in [0.25, 0.3) is 0 Å². The highest BCUT2D eigenvalue weighted by Gasteiger charge is 2.43. The number of benzene rings is 2. The molecule has 174 valence electrons.